The summed E-state index contributed by atoms with van der Waals surface area (Å²) in [7, 11) is 0. The fourth-order valence-corrected chi connectivity index (χ4v) is 4.44. The third-order valence-electron chi connectivity index (χ3n) is 5.98. The lowest BCUT2D eigenvalue weighted by molar-refractivity contribution is -0.132. The molecule has 2 aliphatic heterocycles. The lowest BCUT2D eigenvalue weighted by Crippen LogP contribution is -2.48. The molecule has 3 unspecified atom stereocenters. The number of nitrogens with one attached hydrogen (secondary N) is 3. The summed E-state index contributed by atoms with van der Waals surface area (Å²) in [6, 6.07) is 6.83. The zero-order valence-corrected chi connectivity index (χ0v) is 16.5. The summed E-state index contributed by atoms with van der Waals surface area (Å²) in [6.45, 7) is 3.83. The van der Waals surface area contributed by atoms with Crippen LogP contribution in [0.1, 0.15) is 35.7 Å². The maximum absolute atomic E-state index is 13.3. The predicted molar refractivity (Wildman–Crippen MR) is 107 cm³/mol. The van der Waals surface area contributed by atoms with Gasteiger partial charge in [0.2, 0.25) is 5.91 Å². The topological polar surface area (TPSA) is 90.1 Å². The molecule has 0 saturated carbocycles. The molecule has 1 amide bonds. The van der Waals surface area contributed by atoms with Gasteiger partial charge in [-0.2, -0.15) is 0 Å². The van der Waals surface area contributed by atoms with Crippen molar-refractivity contribution >= 4 is 5.91 Å². The summed E-state index contributed by atoms with van der Waals surface area (Å²) >= 11 is 0. The summed E-state index contributed by atoms with van der Waals surface area (Å²) in [5.74, 6) is 0.761. The molecule has 8 heteroatoms. The highest BCUT2D eigenvalue weighted by atomic mass is 19.1. The fourth-order valence-electron chi connectivity index (χ4n) is 4.44. The van der Waals surface area contributed by atoms with Crippen LogP contribution >= 0.6 is 0 Å². The number of nitrogens with zero attached hydrogens (tertiary/aromatic N) is 2. The summed E-state index contributed by atoms with van der Waals surface area (Å²) in [5.41, 5.74) is 7.83. The number of aryl methyl sites for hydroxylation is 1. The predicted octanol–water partition coefficient (Wildman–Crippen LogP) is 1.26. The molecule has 3 atom stereocenters. The minimum Gasteiger partial charge on any atom is -0.342 e. The number of carbonyl (C=O) groups is 1. The van der Waals surface area contributed by atoms with Crippen LogP contribution in [0.25, 0.3) is 0 Å². The number of halogens is 1. The first-order valence-corrected chi connectivity index (χ1v) is 10.1. The van der Waals surface area contributed by atoms with Crippen molar-refractivity contribution in [3.8, 4) is 0 Å². The Morgan fingerprint density at radius 2 is 2.10 bits per heavy atom. The minimum atomic E-state index is -0.252. The molecule has 0 aliphatic carbocycles. The second-order valence-corrected chi connectivity index (χ2v) is 7.95. The number of amides is 1. The molecular weight excluding hydrogens is 373 g/mol. The molecule has 0 radical (unpaired) electrons. The molecule has 3 N–H and O–H groups in total. The van der Waals surface area contributed by atoms with Gasteiger partial charge in [0, 0.05) is 43.4 Å². The van der Waals surface area contributed by atoms with Crippen LogP contribution in [-0.4, -0.2) is 46.5 Å². The van der Waals surface area contributed by atoms with Crippen molar-refractivity contribution in [1.82, 2.24) is 25.7 Å². The van der Waals surface area contributed by atoms with Crippen molar-refractivity contribution in [3.05, 3.63) is 63.6 Å². The van der Waals surface area contributed by atoms with Gasteiger partial charge in [0.05, 0.1) is 6.42 Å². The van der Waals surface area contributed by atoms with Crippen LogP contribution in [0.3, 0.4) is 0 Å². The average Bonchev–Trinajstić information content (AvgIpc) is 3.20. The van der Waals surface area contributed by atoms with E-state index in [0.29, 0.717) is 24.5 Å². The Hall–Kier alpha value is -2.58. The number of hydrogen-bond acceptors (Lipinski definition) is 5. The average molecular weight is 399 g/mol. The van der Waals surface area contributed by atoms with E-state index >= 15 is 0 Å². The monoisotopic (exact) mass is 399 g/mol. The summed E-state index contributed by atoms with van der Waals surface area (Å²) in [6.07, 6.45) is 3.49. The highest BCUT2D eigenvalue weighted by Gasteiger charge is 2.37. The molecule has 29 heavy (non-hydrogen) atoms. The molecule has 4 rings (SSSR count). The maximum Gasteiger partial charge on any atom is 0.254 e. The molecule has 2 fully saturated rings. The first-order chi connectivity index (χ1) is 14.0. The number of hydrogen-bond donors (Lipinski definition) is 3. The fraction of sp³-hybridized carbons (Fsp3) is 0.476. The van der Waals surface area contributed by atoms with Crippen molar-refractivity contribution in [2.24, 2.45) is 5.92 Å². The number of H-pyrrole nitrogens is 1. The zero-order valence-electron chi connectivity index (χ0n) is 16.5. The largest absolute Gasteiger partial charge is 0.342 e. The van der Waals surface area contributed by atoms with E-state index in [4.69, 9.17) is 0 Å². The highest BCUT2D eigenvalue weighted by molar-refractivity contribution is 5.78. The summed E-state index contributed by atoms with van der Waals surface area (Å²) < 4.78 is 13.3. The second-order valence-electron chi connectivity index (χ2n) is 7.95. The molecule has 1 aromatic heterocycles. The molecule has 0 spiro atoms. The lowest BCUT2D eigenvalue weighted by Gasteiger charge is -2.37. The first kappa shape index (κ1) is 19.7. The Morgan fingerprint density at radius 1 is 1.31 bits per heavy atom. The van der Waals surface area contributed by atoms with Gasteiger partial charge in [0.1, 0.15) is 11.6 Å². The SMILES string of the molecule is Cc1ncc(CC(=O)N2CCCC(C3NNCC3c3ccc(F)cc3)C2)c(=O)[nH]1. The van der Waals surface area contributed by atoms with E-state index in [0.717, 1.165) is 24.9 Å². The van der Waals surface area contributed by atoms with Crippen molar-refractivity contribution in [2.45, 2.75) is 38.1 Å². The number of hydrazine groups is 1. The van der Waals surface area contributed by atoms with Crippen LogP contribution in [0, 0.1) is 18.7 Å². The van der Waals surface area contributed by atoms with E-state index in [9.17, 15) is 14.0 Å². The van der Waals surface area contributed by atoms with Crippen LogP contribution in [0.5, 0.6) is 0 Å². The van der Waals surface area contributed by atoms with Crippen molar-refractivity contribution in [2.75, 3.05) is 19.6 Å². The first-order valence-electron chi connectivity index (χ1n) is 10.1. The van der Waals surface area contributed by atoms with Gasteiger partial charge in [-0.15, -0.1) is 0 Å². The van der Waals surface area contributed by atoms with Crippen LogP contribution < -0.4 is 16.4 Å². The third kappa shape index (κ3) is 4.38. The molecule has 3 heterocycles. The molecule has 0 bridgehead atoms. The highest BCUT2D eigenvalue weighted by Crippen LogP contribution is 2.31. The van der Waals surface area contributed by atoms with Gasteiger partial charge in [-0.1, -0.05) is 12.1 Å². The van der Waals surface area contributed by atoms with Gasteiger partial charge in [-0.3, -0.25) is 20.4 Å². The number of benzene rings is 1. The molecule has 7 nitrogen and oxygen atoms in total. The van der Waals surface area contributed by atoms with Crippen LogP contribution in [0.2, 0.25) is 0 Å². The molecule has 1 aromatic carbocycles. The van der Waals surface area contributed by atoms with Gasteiger partial charge >= 0.3 is 0 Å². The molecule has 2 saturated heterocycles. The molecular formula is C21H26FN5O2. The standard InChI is InChI=1S/C21H26FN5O2/c1-13-23-10-16(21(29)25-13)9-19(28)27-8-2-3-15(12-27)20-18(11-24-26-20)14-4-6-17(22)7-5-14/h4-7,10,15,18,20,24,26H,2-3,8-9,11-12H2,1H3,(H,23,25,29). The van der Waals surface area contributed by atoms with E-state index in [2.05, 4.69) is 20.8 Å². The van der Waals surface area contributed by atoms with Crippen molar-refractivity contribution in [3.63, 3.8) is 0 Å². The van der Waals surface area contributed by atoms with Gasteiger partial charge in [-0.25, -0.2) is 9.37 Å². The molecule has 2 aromatic rings. The smallest absolute Gasteiger partial charge is 0.254 e. The van der Waals surface area contributed by atoms with E-state index in [1.807, 2.05) is 17.0 Å². The number of rotatable bonds is 4. The minimum absolute atomic E-state index is 0.0462. The van der Waals surface area contributed by atoms with E-state index in [1.54, 1.807) is 6.92 Å². The van der Waals surface area contributed by atoms with Gasteiger partial charge in [-0.05, 0) is 43.4 Å². The van der Waals surface area contributed by atoms with Gasteiger partial charge in [0.15, 0.2) is 0 Å². The van der Waals surface area contributed by atoms with Gasteiger partial charge < -0.3 is 9.88 Å². The van der Waals surface area contributed by atoms with E-state index < -0.39 is 0 Å². The Bertz CT molecular complexity index is 929. The van der Waals surface area contributed by atoms with Crippen molar-refractivity contribution < 1.29 is 9.18 Å². The number of aromatic amines is 1. The van der Waals surface area contributed by atoms with Gasteiger partial charge in [0.25, 0.3) is 5.56 Å². The third-order valence-corrected chi connectivity index (χ3v) is 5.98. The maximum atomic E-state index is 13.3. The van der Waals surface area contributed by atoms with Crippen LogP contribution in [-0.2, 0) is 11.2 Å². The zero-order chi connectivity index (χ0) is 20.4. The lowest BCUT2D eigenvalue weighted by atomic mass is 9.81. The Balaban J connectivity index is 1.44. The van der Waals surface area contributed by atoms with E-state index in [-0.39, 0.29) is 41.6 Å². The molecule has 2 aliphatic rings. The normalized spacial score (nSPS) is 24.6. The Morgan fingerprint density at radius 3 is 2.86 bits per heavy atom. The van der Waals surface area contributed by atoms with Crippen molar-refractivity contribution in [1.29, 1.82) is 0 Å². The number of carbonyl (C=O) groups excluding carboxylic acids is 1. The van der Waals surface area contributed by atoms with Crippen LogP contribution in [0.15, 0.2) is 35.3 Å². The molecule has 154 valence electrons. The number of piperidine rings is 1. The van der Waals surface area contributed by atoms with Crippen LogP contribution in [0.4, 0.5) is 4.39 Å². The summed E-state index contributed by atoms with van der Waals surface area (Å²) in [5, 5.41) is 0. The van der Waals surface area contributed by atoms with E-state index in [1.165, 1.54) is 18.3 Å². The Labute approximate surface area is 168 Å². The number of aromatic nitrogens is 2. The Kier molecular flexibility index (Phi) is 5.73. The quantitative estimate of drug-likeness (QED) is 0.720. The number of likely N-dealkylation sites (tertiary alicyclic amines) is 1. The summed E-state index contributed by atoms with van der Waals surface area (Å²) in [4.78, 5) is 33.5. The second kappa shape index (κ2) is 8.42.